The van der Waals surface area contributed by atoms with Gasteiger partial charge in [0.05, 0.1) is 33.8 Å². The van der Waals surface area contributed by atoms with Crippen LogP contribution < -0.4 is 9.47 Å². The number of thiazole rings is 1. The lowest BCUT2D eigenvalue weighted by Crippen LogP contribution is -2.33. The summed E-state index contributed by atoms with van der Waals surface area (Å²) < 4.78 is 11.6. The summed E-state index contributed by atoms with van der Waals surface area (Å²) in [5.74, 6) is -0.487. The molecule has 37 heavy (non-hydrogen) atoms. The van der Waals surface area contributed by atoms with E-state index in [1.807, 2.05) is 44.2 Å². The Morgan fingerprint density at radius 3 is 2.57 bits per heavy atom. The number of ether oxygens (including phenoxy) is 2. The summed E-state index contributed by atoms with van der Waals surface area (Å²) in [6.07, 6.45) is 2.21. The van der Waals surface area contributed by atoms with Gasteiger partial charge in [0.15, 0.2) is 17.3 Å². The predicted molar refractivity (Wildman–Crippen MR) is 143 cm³/mol. The van der Waals surface area contributed by atoms with Gasteiger partial charge in [-0.3, -0.25) is 9.59 Å². The minimum atomic E-state index is -0.793. The molecule has 1 aromatic heterocycles. The lowest BCUT2D eigenvalue weighted by molar-refractivity contribution is -0.129. The summed E-state index contributed by atoms with van der Waals surface area (Å²) in [6, 6.07) is 14.3. The molecule has 0 bridgehead atoms. The minimum absolute atomic E-state index is 0.0482. The second-order valence-corrected chi connectivity index (χ2v) is 9.82. The summed E-state index contributed by atoms with van der Waals surface area (Å²) in [4.78, 5) is 33.5. The molecule has 0 radical (unpaired) electrons. The van der Waals surface area contributed by atoms with E-state index in [4.69, 9.17) is 9.47 Å². The summed E-state index contributed by atoms with van der Waals surface area (Å²) in [6.45, 7) is 10.2. The normalized spacial score (nSPS) is 15.3. The van der Waals surface area contributed by atoms with Crippen molar-refractivity contribution < 1.29 is 24.2 Å². The standard InChI is InChI=1S/C29H30N2O5S/c1-5-16-36-22-13-12-21(17-23(22)35-6-2)25-24(26(32)28-18(3)30-19(4)37-28)27(33)29(34)31(25)15-14-20-10-8-7-9-11-20/h5,7-13,17,25,33H,1,6,14-16H2,2-4H3. The van der Waals surface area contributed by atoms with Crippen LogP contribution in [-0.4, -0.2) is 46.4 Å². The number of rotatable bonds is 11. The highest BCUT2D eigenvalue weighted by molar-refractivity contribution is 7.14. The molecule has 4 rings (SSSR count). The van der Waals surface area contributed by atoms with E-state index in [0.717, 1.165) is 10.6 Å². The second-order valence-electron chi connectivity index (χ2n) is 8.61. The Morgan fingerprint density at radius 2 is 1.92 bits per heavy atom. The maximum atomic E-state index is 13.8. The van der Waals surface area contributed by atoms with Crippen LogP contribution in [0.2, 0.25) is 0 Å². The molecule has 0 saturated heterocycles. The van der Waals surface area contributed by atoms with Crippen molar-refractivity contribution in [1.29, 1.82) is 0 Å². The molecule has 1 atom stereocenters. The average Bonchev–Trinajstić information content (AvgIpc) is 3.37. The molecule has 7 nitrogen and oxygen atoms in total. The van der Waals surface area contributed by atoms with E-state index >= 15 is 0 Å². The quantitative estimate of drug-likeness (QED) is 0.265. The fourth-order valence-corrected chi connectivity index (χ4v) is 5.33. The van der Waals surface area contributed by atoms with Gasteiger partial charge in [-0.2, -0.15) is 0 Å². The number of carbonyl (C=O) groups excluding carboxylic acids is 2. The molecule has 2 aromatic carbocycles. The maximum Gasteiger partial charge on any atom is 0.290 e. The Morgan fingerprint density at radius 1 is 1.16 bits per heavy atom. The number of aryl methyl sites for hydroxylation is 2. The van der Waals surface area contributed by atoms with Gasteiger partial charge in [-0.25, -0.2) is 4.98 Å². The van der Waals surface area contributed by atoms with Crippen molar-refractivity contribution >= 4 is 23.0 Å². The van der Waals surface area contributed by atoms with Crippen molar-refractivity contribution in [2.24, 2.45) is 0 Å². The van der Waals surface area contributed by atoms with Gasteiger partial charge in [-0.15, -0.1) is 11.3 Å². The van der Waals surface area contributed by atoms with Gasteiger partial charge in [-0.1, -0.05) is 49.1 Å². The first kappa shape index (κ1) is 26.2. The zero-order chi connectivity index (χ0) is 26.5. The number of hydrogen-bond donors (Lipinski definition) is 1. The van der Waals surface area contributed by atoms with Crippen molar-refractivity contribution in [2.45, 2.75) is 33.2 Å². The number of Topliss-reactive ketones (excluding diaryl/α,β-unsaturated/α-hetero) is 1. The second kappa shape index (κ2) is 11.4. The van der Waals surface area contributed by atoms with E-state index in [9.17, 15) is 14.7 Å². The van der Waals surface area contributed by atoms with Crippen molar-refractivity contribution in [3.8, 4) is 11.5 Å². The number of nitrogens with zero attached hydrogens (tertiary/aromatic N) is 2. The Balaban J connectivity index is 1.78. The van der Waals surface area contributed by atoms with E-state index in [1.54, 1.807) is 36.1 Å². The highest BCUT2D eigenvalue weighted by atomic mass is 32.1. The molecular weight excluding hydrogens is 488 g/mol. The van der Waals surface area contributed by atoms with E-state index in [1.165, 1.54) is 11.3 Å². The summed E-state index contributed by atoms with van der Waals surface area (Å²) >= 11 is 1.25. The molecule has 0 aliphatic carbocycles. The van der Waals surface area contributed by atoms with E-state index in [2.05, 4.69) is 11.6 Å². The van der Waals surface area contributed by atoms with Gasteiger partial charge in [0.1, 0.15) is 6.61 Å². The molecule has 192 valence electrons. The van der Waals surface area contributed by atoms with E-state index in [-0.39, 0.29) is 5.57 Å². The Labute approximate surface area is 220 Å². The van der Waals surface area contributed by atoms with E-state index < -0.39 is 23.5 Å². The van der Waals surface area contributed by atoms with Crippen molar-refractivity contribution in [3.63, 3.8) is 0 Å². The molecule has 8 heteroatoms. The third-order valence-electron chi connectivity index (χ3n) is 6.08. The third-order valence-corrected chi connectivity index (χ3v) is 7.15. The zero-order valence-electron chi connectivity index (χ0n) is 21.2. The number of benzene rings is 2. The van der Waals surface area contributed by atoms with Gasteiger partial charge in [0.25, 0.3) is 5.91 Å². The van der Waals surface area contributed by atoms with Gasteiger partial charge in [0.2, 0.25) is 5.78 Å². The van der Waals surface area contributed by atoms with Crippen molar-refractivity contribution in [2.75, 3.05) is 19.8 Å². The number of aliphatic hydroxyl groups excluding tert-OH is 1. The molecule has 3 aromatic rings. The Hall–Kier alpha value is -3.91. The molecule has 1 unspecified atom stereocenters. The molecule has 1 aliphatic rings. The summed E-state index contributed by atoms with van der Waals surface area (Å²) in [5, 5.41) is 11.8. The average molecular weight is 519 g/mol. The third kappa shape index (κ3) is 5.44. The SMILES string of the molecule is C=CCOc1ccc(C2C(C(=O)c3sc(C)nc3C)=C(O)C(=O)N2CCc2ccccc2)cc1OCC. The topological polar surface area (TPSA) is 89.0 Å². The van der Waals surface area contributed by atoms with Gasteiger partial charge in [0, 0.05) is 6.54 Å². The highest BCUT2D eigenvalue weighted by Crippen LogP contribution is 2.42. The number of aromatic nitrogens is 1. The number of ketones is 1. The number of aliphatic hydroxyl groups is 1. The molecule has 1 amide bonds. The van der Waals surface area contributed by atoms with E-state index in [0.29, 0.717) is 53.8 Å². The summed E-state index contributed by atoms with van der Waals surface area (Å²) in [7, 11) is 0. The maximum absolute atomic E-state index is 13.8. The van der Waals surface area contributed by atoms with Crippen LogP contribution in [0.1, 0.15) is 44.5 Å². The van der Waals surface area contributed by atoms with Crippen LogP contribution in [0.5, 0.6) is 11.5 Å². The van der Waals surface area contributed by atoms with Crippen molar-refractivity contribution in [1.82, 2.24) is 9.88 Å². The first-order chi connectivity index (χ1) is 17.8. The summed E-state index contributed by atoms with van der Waals surface area (Å²) in [5.41, 5.74) is 2.31. The van der Waals surface area contributed by atoms with Crippen LogP contribution in [0.3, 0.4) is 0 Å². The first-order valence-corrected chi connectivity index (χ1v) is 12.9. The number of carbonyl (C=O) groups is 2. The predicted octanol–water partition coefficient (Wildman–Crippen LogP) is 5.54. The Kier molecular flexibility index (Phi) is 8.08. The smallest absolute Gasteiger partial charge is 0.290 e. The minimum Gasteiger partial charge on any atom is -0.503 e. The van der Waals surface area contributed by atoms with Gasteiger partial charge >= 0.3 is 0 Å². The molecule has 2 heterocycles. The molecule has 1 aliphatic heterocycles. The first-order valence-electron chi connectivity index (χ1n) is 12.1. The van der Waals surface area contributed by atoms with Crippen LogP contribution in [0.25, 0.3) is 0 Å². The molecule has 0 saturated carbocycles. The molecular formula is C29H30N2O5S. The van der Waals surface area contributed by atoms with Crippen molar-refractivity contribution in [3.05, 3.63) is 99.2 Å². The molecule has 0 spiro atoms. The molecule has 0 fully saturated rings. The number of amides is 1. The van der Waals surface area contributed by atoms with Gasteiger partial charge < -0.3 is 19.5 Å². The van der Waals surface area contributed by atoms with Crippen LogP contribution in [0.15, 0.2) is 72.5 Å². The monoisotopic (exact) mass is 518 g/mol. The van der Waals surface area contributed by atoms with Crippen LogP contribution in [-0.2, 0) is 11.2 Å². The van der Waals surface area contributed by atoms with Crippen LogP contribution in [0.4, 0.5) is 0 Å². The lowest BCUT2D eigenvalue weighted by atomic mass is 9.94. The lowest BCUT2D eigenvalue weighted by Gasteiger charge is -2.27. The Bertz CT molecular complexity index is 1350. The largest absolute Gasteiger partial charge is 0.503 e. The van der Waals surface area contributed by atoms with Crippen LogP contribution in [0, 0.1) is 13.8 Å². The highest BCUT2D eigenvalue weighted by Gasteiger charge is 2.44. The molecule has 1 N–H and O–H groups in total. The van der Waals surface area contributed by atoms with Crippen LogP contribution >= 0.6 is 11.3 Å². The fourth-order valence-electron chi connectivity index (χ4n) is 4.45. The van der Waals surface area contributed by atoms with Gasteiger partial charge in [-0.05, 0) is 50.5 Å². The zero-order valence-corrected chi connectivity index (χ0v) is 22.0. The number of hydrogen-bond acceptors (Lipinski definition) is 7. The fraction of sp³-hybridized carbons (Fsp3) is 0.276.